The van der Waals surface area contributed by atoms with Crippen LogP contribution in [-0.4, -0.2) is 23.4 Å². The Morgan fingerprint density at radius 1 is 1.17 bits per heavy atom. The van der Waals surface area contributed by atoms with E-state index < -0.39 is 0 Å². The van der Waals surface area contributed by atoms with Crippen LogP contribution >= 0.6 is 0 Å². The Hall–Kier alpha value is -1.12. The van der Waals surface area contributed by atoms with Gasteiger partial charge in [0.1, 0.15) is 0 Å². The van der Waals surface area contributed by atoms with E-state index in [1.807, 2.05) is 30.3 Å². The molecule has 2 heteroatoms. The van der Waals surface area contributed by atoms with Crippen molar-refractivity contribution in [1.29, 1.82) is 0 Å². The SMILES string of the molecule is OCC=C(CO)c1ccccc1. The molecule has 0 bridgehead atoms. The molecule has 0 saturated heterocycles. The van der Waals surface area contributed by atoms with E-state index in [0.717, 1.165) is 11.1 Å². The minimum Gasteiger partial charge on any atom is -0.392 e. The summed E-state index contributed by atoms with van der Waals surface area (Å²) < 4.78 is 0. The predicted molar refractivity (Wildman–Crippen MR) is 48.6 cm³/mol. The van der Waals surface area contributed by atoms with Crippen LogP contribution in [0.5, 0.6) is 0 Å². The highest BCUT2D eigenvalue weighted by atomic mass is 16.3. The van der Waals surface area contributed by atoms with Crippen molar-refractivity contribution >= 4 is 5.57 Å². The van der Waals surface area contributed by atoms with Crippen LogP contribution in [0.15, 0.2) is 36.4 Å². The van der Waals surface area contributed by atoms with E-state index in [-0.39, 0.29) is 13.2 Å². The zero-order chi connectivity index (χ0) is 8.81. The van der Waals surface area contributed by atoms with Crippen LogP contribution in [0, 0.1) is 0 Å². The summed E-state index contributed by atoms with van der Waals surface area (Å²) in [5, 5.41) is 17.6. The zero-order valence-electron chi connectivity index (χ0n) is 6.77. The Balaban J connectivity index is 2.88. The molecular formula is C10H12O2. The van der Waals surface area contributed by atoms with Crippen molar-refractivity contribution in [2.75, 3.05) is 13.2 Å². The van der Waals surface area contributed by atoms with Gasteiger partial charge in [-0.2, -0.15) is 0 Å². The zero-order valence-corrected chi connectivity index (χ0v) is 6.77. The summed E-state index contributed by atoms with van der Waals surface area (Å²) in [6.45, 7) is -0.0740. The molecule has 2 N–H and O–H groups in total. The summed E-state index contributed by atoms with van der Waals surface area (Å²) >= 11 is 0. The molecule has 0 amide bonds. The summed E-state index contributed by atoms with van der Waals surface area (Å²) in [7, 11) is 0. The van der Waals surface area contributed by atoms with Crippen molar-refractivity contribution in [3.63, 3.8) is 0 Å². The van der Waals surface area contributed by atoms with E-state index in [4.69, 9.17) is 10.2 Å². The molecule has 0 fully saturated rings. The number of hydrogen-bond donors (Lipinski definition) is 2. The van der Waals surface area contributed by atoms with Gasteiger partial charge in [-0.1, -0.05) is 36.4 Å². The summed E-state index contributed by atoms with van der Waals surface area (Å²) in [6.07, 6.45) is 1.61. The molecule has 2 nitrogen and oxygen atoms in total. The minimum atomic E-state index is -0.0371. The molecular weight excluding hydrogens is 152 g/mol. The van der Waals surface area contributed by atoms with Crippen LogP contribution in [0.25, 0.3) is 5.57 Å². The fourth-order valence-corrected chi connectivity index (χ4v) is 1.04. The molecule has 0 aliphatic heterocycles. The quantitative estimate of drug-likeness (QED) is 0.701. The molecule has 0 heterocycles. The van der Waals surface area contributed by atoms with Crippen molar-refractivity contribution < 1.29 is 10.2 Å². The number of benzene rings is 1. The van der Waals surface area contributed by atoms with Crippen LogP contribution in [0.4, 0.5) is 0 Å². The normalized spacial score (nSPS) is 11.7. The first-order valence-electron chi connectivity index (χ1n) is 3.84. The third-order valence-electron chi connectivity index (χ3n) is 1.65. The van der Waals surface area contributed by atoms with Crippen LogP contribution in [-0.2, 0) is 0 Å². The Morgan fingerprint density at radius 2 is 1.83 bits per heavy atom. The first-order valence-corrected chi connectivity index (χ1v) is 3.84. The number of rotatable bonds is 3. The Kier molecular flexibility index (Phi) is 3.51. The first-order chi connectivity index (χ1) is 5.88. The van der Waals surface area contributed by atoms with Gasteiger partial charge < -0.3 is 10.2 Å². The van der Waals surface area contributed by atoms with Gasteiger partial charge in [0.05, 0.1) is 13.2 Å². The van der Waals surface area contributed by atoms with Crippen molar-refractivity contribution in [2.45, 2.75) is 0 Å². The molecule has 0 atom stereocenters. The van der Waals surface area contributed by atoms with E-state index in [1.165, 1.54) is 0 Å². The third kappa shape index (κ3) is 2.19. The van der Waals surface area contributed by atoms with Gasteiger partial charge in [0.25, 0.3) is 0 Å². The summed E-state index contributed by atoms with van der Waals surface area (Å²) in [5.74, 6) is 0. The highest BCUT2D eigenvalue weighted by Gasteiger charge is 1.96. The lowest BCUT2D eigenvalue weighted by Crippen LogP contribution is -1.91. The Morgan fingerprint density at radius 3 is 2.33 bits per heavy atom. The van der Waals surface area contributed by atoms with Crippen molar-refractivity contribution in [2.24, 2.45) is 0 Å². The largest absolute Gasteiger partial charge is 0.392 e. The predicted octanol–water partition coefficient (Wildman–Crippen LogP) is 1.05. The van der Waals surface area contributed by atoms with Gasteiger partial charge in [-0.15, -0.1) is 0 Å². The summed E-state index contributed by atoms with van der Waals surface area (Å²) in [5.41, 5.74) is 1.71. The van der Waals surface area contributed by atoms with Gasteiger partial charge in [-0.05, 0) is 11.1 Å². The Labute approximate surface area is 71.8 Å². The van der Waals surface area contributed by atoms with E-state index in [0.29, 0.717) is 0 Å². The maximum Gasteiger partial charge on any atom is 0.0685 e. The van der Waals surface area contributed by atoms with E-state index in [1.54, 1.807) is 6.08 Å². The molecule has 0 aliphatic carbocycles. The summed E-state index contributed by atoms with van der Waals surface area (Å²) in [4.78, 5) is 0. The van der Waals surface area contributed by atoms with Crippen LogP contribution in [0.2, 0.25) is 0 Å². The molecule has 0 spiro atoms. The number of hydrogen-bond acceptors (Lipinski definition) is 2. The molecule has 0 unspecified atom stereocenters. The molecule has 1 rings (SSSR count). The van der Waals surface area contributed by atoms with Gasteiger partial charge in [0, 0.05) is 0 Å². The molecule has 0 radical (unpaired) electrons. The van der Waals surface area contributed by atoms with Gasteiger partial charge in [0.2, 0.25) is 0 Å². The molecule has 0 saturated carbocycles. The van der Waals surface area contributed by atoms with Gasteiger partial charge in [-0.3, -0.25) is 0 Å². The highest BCUT2D eigenvalue weighted by molar-refractivity contribution is 5.65. The molecule has 0 aliphatic rings. The first kappa shape index (κ1) is 8.97. The standard InChI is InChI=1S/C10H12O2/c11-7-6-10(8-12)9-4-2-1-3-5-9/h1-6,11-12H,7-8H2. The van der Waals surface area contributed by atoms with Crippen molar-refractivity contribution in [3.05, 3.63) is 42.0 Å². The maximum atomic E-state index is 8.93. The highest BCUT2D eigenvalue weighted by Crippen LogP contribution is 2.11. The van der Waals surface area contributed by atoms with E-state index in [2.05, 4.69) is 0 Å². The molecule has 0 aromatic heterocycles. The smallest absolute Gasteiger partial charge is 0.0685 e. The second kappa shape index (κ2) is 4.70. The van der Waals surface area contributed by atoms with E-state index >= 15 is 0 Å². The molecule has 12 heavy (non-hydrogen) atoms. The molecule has 1 aromatic carbocycles. The number of aliphatic hydroxyl groups is 2. The van der Waals surface area contributed by atoms with Crippen molar-refractivity contribution in [1.82, 2.24) is 0 Å². The van der Waals surface area contributed by atoms with Crippen LogP contribution in [0.1, 0.15) is 5.56 Å². The second-order valence-electron chi connectivity index (χ2n) is 2.44. The topological polar surface area (TPSA) is 40.5 Å². The number of aliphatic hydroxyl groups excluding tert-OH is 2. The van der Waals surface area contributed by atoms with Gasteiger partial charge >= 0.3 is 0 Å². The monoisotopic (exact) mass is 164 g/mol. The van der Waals surface area contributed by atoms with E-state index in [9.17, 15) is 0 Å². The lowest BCUT2D eigenvalue weighted by atomic mass is 10.1. The maximum absolute atomic E-state index is 8.93. The Bertz CT molecular complexity index is 252. The minimum absolute atomic E-state index is 0.0369. The molecule has 1 aromatic rings. The van der Waals surface area contributed by atoms with Crippen LogP contribution in [0.3, 0.4) is 0 Å². The average molecular weight is 164 g/mol. The van der Waals surface area contributed by atoms with Crippen molar-refractivity contribution in [3.8, 4) is 0 Å². The van der Waals surface area contributed by atoms with Gasteiger partial charge in [-0.25, -0.2) is 0 Å². The average Bonchev–Trinajstić information content (AvgIpc) is 2.15. The van der Waals surface area contributed by atoms with Crippen LogP contribution < -0.4 is 0 Å². The summed E-state index contributed by atoms with van der Waals surface area (Å²) in [6, 6.07) is 9.51. The lowest BCUT2D eigenvalue weighted by Gasteiger charge is -2.02. The fraction of sp³-hybridized carbons (Fsp3) is 0.200. The lowest BCUT2D eigenvalue weighted by molar-refractivity contribution is 0.334. The van der Waals surface area contributed by atoms with Gasteiger partial charge in [0.15, 0.2) is 0 Å². The second-order valence-corrected chi connectivity index (χ2v) is 2.44. The third-order valence-corrected chi connectivity index (χ3v) is 1.65. The molecule has 64 valence electrons. The fourth-order valence-electron chi connectivity index (χ4n) is 1.04.